The van der Waals surface area contributed by atoms with Crippen molar-refractivity contribution in [2.45, 2.75) is 39.5 Å². The topological polar surface area (TPSA) is 9.23 Å². The number of ether oxygens (including phenoxy) is 1. The Hall–Kier alpha value is -0.720. The average Bonchev–Trinajstić information content (AvgIpc) is 2.16. The summed E-state index contributed by atoms with van der Waals surface area (Å²) in [7, 11) is 1.78. The lowest BCUT2D eigenvalue weighted by Crippen LogP contribution is -2.02. The van der Waals surface area contributed by atoms with Crippen molar-refractivity contribution in [2.75, 3.05) is 7.11 Å². The van der Waals surface area contributed by atoms with Crippen LogP contribution in [-0.2, 0) is 4.74 Å². The quantitative estimate of drug-likeness (QED) is 0.624. The molecule has 1 heteroatoms. The molecule has 0 unspecified atom stereocenters. The number of rotatable bonds is 3. The lowest BCUT2D eigenvalue weighted by Gasteiger charge is -2.19. The van der Waals surface area contributed by atoms with Crippen LogP contribution in [0.3, 0.4) is 0 Å². The summed E-state index contributed by atoms with van der Waals surface area (Å²) in [6, 6.07) is 0. The van der Waals surface area contributed by atoms with Gasteiger partial charge in [-0.15, -0.1) is 0 Å². The van der Waals surface area contributed by atoms with Gasteiger partial charge in [0.15, 0.2) is 0 Å². The Balaban J connectivity index is 2.89. The second kappa shape index (κ2) is 4.34. The van der Waals surface area contributed by atoms with Crippen molar-refractivity contribution in [1.82, 2.24) is 0 Å². The Kier molecular flexibility index (Phi) is 3.39. The van der Waals surface area contributed by atoms with E-state index in [0.717, 1.165) is 18.6 Å². The second-order valence-corrected chi connectivity index (χ2v) is 3.11. The first-order chi connectivity index (χ1) is 5.83. The Morgan fingerprint density at radius 2 is 2.08 bits per heavy atom. The molecular formula is C11H18O. The molecule has 0 fully saturated rings. The van der Waals surface area contributed by atoms with E-state index in [-0.39, 0.29) is 0 Å². The Bertz CT molecular complexity index is 211. The molecule has 0 aromatic heterocycles. The van der Waals surface area contributed by atoms with Gasteiger partial charge in [-0.3, -0.25) is 0 Å². The number of hydrogen-bond acceptors (Lipinski definition) is 1. The minimum atomic E-state index is 1.09. The van der Waals surface area contributed by atoms with E-state index < -0.39 is 0 Å². The summed E-state index contributed by atoms with van der Waals surface area (Å²) < 4.78 is 5.41. The van der Waals surface area contributed by atoms with Crippen molar-refractivity contribution >= 4 is 0 Å². The van der Waals surface area contributed by atoms with Gasteiger partial charge in [0.25, 0.3) is 0 Å². The molecule has 0 heterocycles. The van der Waals surface area contributed by atoms with Crippen LogP contribution in [0.15, 0.2) is 23.0 Å². The molecule has 0 N–H and O–H groups in total. The number of hydrogen-bond donors (Lipinski definition) is 0. The van der Waals surface area contributed by atoms with E-state index in [2.05, 4.69) is 19.9 Å². The maximum atomic E-state index is 5.41. The molecule has 0 amide bonds. The molecule has 1 aliphatic rings. The Labute approximate surface area is 75.1 Å². The normalized spacial score (nSPS) is 17.8. The summed E-state index contributed by atoms with van der Waals surface area (Å²) in [4.78, 5) is 0. The van der Waals surface area contributed by atoms with Crippen LogP contribution in [0, 0.1) is 0 Å². The molecule has 12 heavy (non-hydrogen) atoms. The molecule has 0 atom stereocenters. The van der Waals surface area contributed by atoms with Crippen molar-refractivity contribution in [3.63, 3.8) is 0 Å². The minimum absolute atomic E-state index is 1.09. The summed E-state index contributed by atoms with van der Waals surface area (Å²) in [6.45, 7) is 4.39. The summed E-state index contributed by atoms with van der Waals surface area (Å²) in [5, 5.41) is 0. The lowest BCUT2D eigenvalue weighted by atomic mass is 9.94. The summed E-state index contributed by atoms with van der Waals surface area (Å²) >= 11 is 0. The van der Waals surface area contributed by atoms with E-state index in [1.165, 1.54) is 24.0 Å². The van der Waals surface area contributed by atoms with Gasteiger partial charge < -0.3 is 4.74 Å². The first kappa shape index (κ1) is 9.37. The molecule has 0 aromatic carbocycles. The third kappa shape index (κ3) is 1.71. The van der Waals surface area contributed by atoms with Crippen LogP contribution in [0.5, 0.6) is 0 Å². The van der Waals surface area contributed by atoms with Gasteiger partial charge in [0.05, 0.1) is 7.11 Å². The zero-order valence-corrected chi connectivity index (χ0v) is 8.31. The Morgan fingerprint density at radius 3 is 2.58 bits per heavy atom. The highest BCUT2D eigenvalue weighted by Crippen LogP contribution is 2.29. The van der Waals surface area contributed by atoms with E-state index in [1.807, 2.05) is 0 Å². The maximum absolute atomic E-state index is 5.41. The molecule has 0 aliphatic heterocycles. The molecule has 0 radical (unpaired) electrons. The maximum Gasteiger partial charge on any atom is 0.120 e. The average molecular weight is 166 g/mol. The van der Waals surface area contributed by atoms with Crippen LogP contribution in [-0.4, -0.2) is 7.11 Å². The first-order valence-electron chi connectivity index (χ1n) is 4.78. The minimum Gasteiger partial charge on any atom is -0.497 e. The third-order valence-electron chi connectivity index (χ3n) is 2.46. The number of methoxy groups -OCH3 is 1. The highest BCUT2D eigenvalue weighted by Gasteiger charge is 2.13. The SMILES string of the molecule is CCC1=CCCC(CC)=C1OC. The second-order valence-electron chi connectivity index (χ2n) is 3.11. The Morgan fingerprint density at radius 1 is 1.33 bits per heavy atom. The molecule has 0 spiro atoms. The molecule has 1 aliphatic carbocycles. The van der Waals surface area contributed by atoms with Gasteiger partial charge in [0.2, 0.25) is 0 Å². The molecule has 0 saturated heterocycles. The summed E-state index contributed by atoms with van der Waals surface area (Å²) in [5.41, 5.74) is 2.87. The molecule has 68 valence electrons. The van der Waals surface area contributed by atoms with Gasteiger partial charge in [-0.05, 0) is 36.8 Å². The van der Waals surface area contributed by atoms with Gasteiger partial charge in [-0.25, -0.2) is 0 Å². The van der Waals surface area contributed by atoms with Crippen molar-refractivity contribution in [3.8, 4) is 0 Å². The monoisotopic (exact) mass is 166 g/mol. The van der Waals surface area contributed by atoms with Gasteiger partial charge in [-0.2, -0.15) is 0 Å². The molecule has 0 saturated carbocycles. The van der Waals surface area contributed by atoms with E-state index >= 15 is 0 Å². The zero-order chi connectivity index (χ0) is 8.97. The van der Waals surface area contributed by atoms with E-state index in [1.54, 1.807) is 7.11 Å². The lowest BCUT2D eigenvalue weighted by molar-refractivity contribution is 0.289. The molecule has 1 rings (SSSR count). The fourth-order valence-corrected chi connectivity index (χ4v) is 1.77. The number of allylic oxidation sites excluding steroid dienone is 3. The predicted molar refractivity (Wildman–Crippen MR) is 51.9 cm³/mol. The van der Waals surface area contributed by atoms with E-state index in [9.17, 15) is 0 Å². The first-order valence-corrected chi connectivity index (χ1v) is 4.78. The molecule has 1 nitrogen and oxygen atoms in total. The third-order valence-corrected chi connectivity index (χ3v) is 2.46. The van der Waals surface area contributed by atoms with Crippen molar-refractivity contribution < 1.29 is 4.74 Å². The van der Waals surface area contributed by atoms with Gasteiger partial charge in [0, 0.05) is 0 Å². The van der Waals surface area contributed by atoms with Crippen LogP contribution >= 0.6 is 0 Å². The summed E-state index contributed by atoms with van der Waals surface area (Å²) in [6.07, 6.45) is 6.90. The summed E-state index contributed by atoms with van der Waals surface area (Å²) in [5.74, 6) is 1.16. The van der Waals surface area contributed by atoms with Gasteiger partial charge in [0.1, 0.15) is 5.76 Å². The predicted octanol–water partition coefficient (Wildman–Crippen LogP) is 3.43. The van der Waals surface area contributed by atoms with E-state index in [4.69, 9.17) is 4.74 Å². The van der Waals surface area contributed by atoms with Gasteiger partial charge >= 0.3 is 0 Å². The fraction of sp³-hybridized carbons (Fsp3) is 0.636. The molecule has 0 aromatic rings. The highest BCUT2D eigenvalue weighted by atomic mass is 16.5. The fourth-order valence-electron chi connectivity index (χ4n) is 1.77. The van der Waals surface area contributed by atoms with Crippen LogP contribution in [0.25, 0.3) is 0 Å². The van der Waals surface area contributed by atoms with Crippen LogP contribution in [0.2, 0.25) is 0 Å². The van der Waals surface area contributed by atoms with Crippen molar-refractivity contribution in [2.24, 2.45) is 0 Å². The van der Waals surface area contributed by atoms with Gasteiger partial charge in [-0.1, -0.05) is 19.9 Å². The molecular weight excluding hydrogens is 148 g/mol. The zero-order valence-electron chi connectivity index (χ0n) is 8.31. The largest absolute Gasteiger partial charge is 0.497 e. The smallest absolute Gasteiger partial charge is 0.120 e. The van der Waals surface area contributed by atoms with E-state index in [0.29, 0.717) is 0 Å². The van der Waals surface area contributed by atoms with Crippen molar-refractivity contribution in [3.05, 3.63) is 23.0 Å². The van der Waals surface area contributed by atoms with Crippen LogP contribution < -0.4 is 0 Å². The van der Waals surface area contributed by atoms with Crippen LogP contribution in [0.1, 0.15) is 39.5 Å². The highest BCUT2D eigenvalue weighted by molar-refractivity contribution is 5.33. The van der Waals surface area contributed by atoms with Crippen molar-refractivity contribution in [1.29, 1.82) is 0 Å². The van der Waals surface area contributed by atoms with Crippen LogP contribution in [0.4, 0.5) is 0 Å². The molecule has 0 bridgehead atoms. The standard InChI is InChI=1S/C11H18O/c1-4-9-7-6-8-10(5-2)11(9)12-3/h7H,4-6,8H2,1-3H3.